The van der Waals surface area contributed by atoms with Crippen molar-refractivity contribution in [3.63, 3.8) is 0 Å². The Bertz CT molecular complexity index is 395. The van der Waals surface area contributed by atoms with Crippen molar-refractivity contribution in [3.05, 3.63) is 24.0 Å². The fraction of sp³-hybridized carbons (Fsp3) is 0.688. The predicted molar refractivity (Wildman–Crippen MR) is 79.1 cm³/mol. The van der Waals surface area contributed by atoms with Gasteiger partial charge in [-0.05, 0) is 30.9 Å². The number of nitrogens with one attached hydrogen (secondary N) is 1. The monoisotopic (exact) mass is 278 g/mol. The van der Waals surface area contributed by atoms with Gasteiger partial charge >= 0.3 is 0 Å². The van der Waals surface area contributed by atoms with Crippen molar-refractivity contribution in [2.24, 2.45) is 5.92 Å². The SMILES string of the molecule is CN(Cc1ccc[nH]1)C(=O)C(O)C1CCCCCCC1. The zero-order valence-electron chi connectivity index (χ0n) is 12.3. The van der Waals surface area contributed by atoms with Crippen molar-refractivity contribution in [3.8, 4) is 0 Å². The van der Waals surface area contributed by atoms with Gasteiger partial charge in [0.15, 0.2) is 0 Å². The van der Waals surface area contributed by atoms with Gasteiger partial charge in [0.05, 0.1) is 6.54 Å². The van der Waals surface area contributed by atoms with Gasteiger partial charge in [0.1, 0.15) is 6.10 Å². The second-order valence-electron chi connectivity index (χ2n) is 5.94. The summed E-state index contributed by atoms with van der Waals surface area (Å²) in [6.07, 6.45) is 8.98. The predicted octanol–water partition coefficient (Wildman–Crippen LogP) is 2.69. The normalized spacial score (nSPS) is 19.1. The third-order valence-corrected chi connectivity index (χ3v) is 4.30. The highest BCUT2D eigenvalue weighted by molar-refractivity contribution is 5.80. The molecule has 1 aliphatic rings. The van der Waals surface area contributed by atoms with Crippen LogP contribution in [0.2, 0.25) is 0 Å². The Morgan fingerprint density at radius 2 is 2.00 bits per heavy atom. The fourth-order valence-corrected chi connectivity index (χ4v) is 3.03. The number of amides is 1. The highest BCUT2D eigenvalue weighted by atomic mass is 16.3. The number of aromatic nitrogens is 1. The number of likely N-dealkylation sites (N-methyl/N-ethyl adjacent to an activating group) is 1. The van der Waals surface area contributed by atoms with Gasteiger partial charge < -0.3 is 15.0 Å². The van der Waals surface area contributed by atoms with Crippen LogP contribution in [0, 0.1) is 5.92 Å². The van der Waals surface area contributed by atoms with E-state index in [1.807, 2.05) is 18.3 Å². The maximum atomic E-state index is 12.3. The highest BCUT2D eigenvalue weighted by Crippen LogP contribution is 2.25. The molecule has 1 atom stereocenters. The Hall–Kier alpha value is -1.29. The second kappa shape index (κ2) is 7.48. The summed E-state index contributed by atoms with van der Waals surface area (Å²) < 4.78 is 0. The molecule has 0 saturated heterocycles. The molecule has 0 spiro atoms. The molecule has 1 saturated carbocycles. The van der Waals surface area contributed by atoms with E-state index in [1.54, 1.807) is 11.9 Å². The highest BCUT2D eigenvalue weighted by Gasteiger charge is 2.28. The van der Waals surface area contributed by atoms with Gasteiger partial charge in [-0.1, -0.05) is 32.1 Å². The number of rotatable bonds is 4. The Morgan fingerprint density at radius 1 is 1.35 bits per heavy atom. The lowest BCUT2D eigenvalue weighted by atomic mass is 9.87. The van der Waals surface area contributed by atoms with Crippen molar-refractivity contribution in [1.82, 2.24) is 9.88 Å². The van der Waals surface area contributed by atoms with Crippen molar-refractivity contribution in [2.75, 3.05) is 7.05 Å². The van der Waals surface area contributed by atoms with Gasteiger partial charge in [0.2, 0.25) is 0 Å². The minimum atomic E-state index is -0.840. The van der Waals surface area contributed by atoms with Crippen molar-refractivity contribution in [1.29, 1.82) is 0 Å². The third-order valence-electron chi connectivity index (χ3n) is 4.30. The average Bonchev–Trinajstić information content (AvgIpc) is 2.89. The molecular weight excluding hydrogens is 252 g/mol. The molecule has 0 aliphatic heterocycles. The lowest BCUT2D eigenvalue weighted by molar-refractivity contribution is -0.142. The summed E-state index contributed by atoms with van der Waals surface area (Å²) in [5.74, 6) is -0.0148. The Morgan fingerprint density at radius 3 is 2.60 bits per heavy atom. The topological polar surface area (TPSA) is 56.3 Å². The van der Waals surface area contributed by atoms with Crippen molar-refractivity contribution in [2.45, 2.75) is 57.6 Å². The molecule has 1 amide bonds. The number of carbonyl (C=O) groups excluding carboxylic acids is 1. The Balaban J connectivity index is 1.88. The molecule has 1 aliphatic carbocycles. The summed E-state index contributed by atoms with van der Waals surface area (Å²) in [5, 5.41) is 10.4. The van der Waals surface area contributed by atoms with Crippen LogP contribution in [0.1, 0.15) is 50.6 Å². The largest absolute Gasteiger partial charge is 0.383 e. The summed E-state index contributed by atoms with van der Waals surface area (Å²) in [5.41, 5.74) is 0.991. The molecular formula is C16H26N2O2. The second-order valence-corrected chi connectivity index (χ2v) is 5.94. The van der Waals surface area contributed by atoms with Crippen LogP contribution < -0.4 is 0 Å². The molecule has 0 radical (unpaired) electrons. The van der Waals surface area contributed by atoms with E-state index in [1.165, 1.54) is 19.3 Å². The summed E-state index contributed by atoms with van der Waals surface area (Å²) in [6, 6.07) is 3.87. The molecule has 1 aromatic heterocycles. The van der Waals surface area contributed by atoms with E-state index >= 15 is 0 Å². The van der Waals surface area contributed by atoms with Crippen LogP contribution in [-0.4, -0.2) is 34.0 Å². The fourth-order valence-electron chi connectivity index (χ4n) is 3.03. The number of aliphatic hydroxyl groups is 1. The van der Waals surface area contributed by atoms with Gasteiger partial charge in [-0.15, -0.1) is 0 Å². The molecule has 1 fully saturated rings. The first-order valence-electron chi connectivity index (χ1n) is 7.74. The molecule has 2 N–H and O–H groups in total. The van der Waals surface area contributed by atoms with Crippen LogP contribution in [0.4, 0.5) is 0 Å². The van der Waals surface area contributed by atoms with Crippen LogP contribution in [0.5, 0.6) is 0 Å². The summed E-state index contributed by atoms with van der Waals surface area (Å²) >= 11 is 0. The van der Waals surface area contributed by atoms with Gasteiger partial charge in [-0.2, -0.15) is 0 Å². The Labute approximate surface area is 121 Å². The number of nitrogens with zero attached hydrogens (tertiary/aromatic N) is 1. The summed E-state index contributed by atoms with van der Waals surface area (Å²) in [6.45, 7) is 0.523. The lowest BCUT2D eigenvalue weighted by Crippen LogP contribution is -2.40. The number of aromatic amines is 1. The molecule has 1 unspecified atom stereocenters. The number of H-pyrrole nitrogens is 1. The zero-order chi connectivity index (χ0) is 14.4. The first kappa shape index (κ1) is 15.1. The maximum absolute atomic E-state index is 12.3. The van der Waals surface area contributed by atoms with E-state index < -0.39 is 6.10 Å². The Kier molecular flexibility index (Phi) is 5.65. The quantitative estimate of drug-likeness (QED) is 0.889. The van der Waals surface area contributed by atoms with E-state index in [0.717, 1.165) is 31.4 Å². The molecule has 0 bridgehead atoms. The molecule has 1 aromatic rings. The lowest BCUT2D eigenvalue weighted by Gasteiger charge is -2.27. The van der Waals surface area contributed by atoms with Crippen molar-refractivity contribution < 1.29 is 9.90 Å². The number of hydrogen-bond acceptors (Lipinski definition) is 2. The maximum Gasteiger partial charge on any atom is 0.251 e. The van der Waals surface area contributed by atoms with E-state index in [9.17, 15) is 9.90 Å². The standard InChI is InChI=1S/C16H26N2O2/c1-18(12-14-10-7-11-17-14)16(20)15(19)13-8-5-3-2-4-6-9-13/h7,10-11,13,15,17,19H,2-6,8-9,12H2,1H3. The van der Waals surface area contributed by atoms with Crippen LogP contribution in [0.15, 0.2) is 18.3 Å². The minimum absolute atomic E-state index is 0.133. The van der Waals surface area contributed by atoms with Gasteiger partial charge in [0, 0.05) is 18.9 Å². The number of carbonyl (C=O) groups is 1. The molecule has 20 heavy (non-hydrogen) atoms. The summed E-state index contributed by atoms with van der Waals surface area (Å²) in [4.78, 5) is 17.0. The number of aliphatic hydroxyl groups excluding tert-OH is 1. The van der Waals surface area contributed by atoms with Crippen LogP contribution in [0.25, 0.3) is 0 Å². The first-order valence-corrected chi connectivity index (χ1v) is 7.74. The molecule has 4 nitrogen and oxygen atoms in total. The minimum Gasteiger partial charge on any atom is -0.383 e. The van der Waals surface area contributed by atoms with E-state index in [0.29, 0.717) is 6.54 Å². The van der Waals surface area contributed by atoms with Gasteiger partial charge in [0.25, 0.3) is 5.91 Å². The van der Waals surface area contributed by atoms with Crippen LogP contribution >= 0.6 is 0 Å². The van der Waals surface area contributed by atoms with Crippen LogP contribution in [0.3, 0.4) is 0 Å². The van der Waals surface area contributed by atoms with Crippen molar-refractivity contribution >= 4 is 5.91 Å². The zero-order valence-corrected chi connectivity index (χ0v) is 12.3. The summed E-state index contributed by atoms with van der Waals surface area (Å²) in [7, 11) is 1.76. The molecule has 0 aromatic carbocycles. The molecule has 1 heterocycles. The van der Waals surface area contributed by atoms with E-state index in [-0.39, 0.29) is 11.8 Å². The molecule has 4 heteroatoms. The van der Waals surface area contributed by atoms with E-state index in [4.69, 9.17) is 0 Å². The molecule has 2 rings (SSSR count). The van der Waals surface area contributed by atoms with Gasteiger partial charge in [-0.25, -0.2) is 0 Å². The van der Waals surface area contributed by atoms with E-state index in [2.05, 4.69) is 4.98 Å². The number of hydrogen-bond donors (Lipinski definition) is 2. The average molecular weight is 278 g/mol. The smallest absolute Gasteiger partial charge is 0.251 e. The first-order chi connectivity index (χ1) is 9.68. The molecule has 112 valence electrons. The third kappa shape index (κ3) is 4.10. The van der Waals surface area contributed by atoms with Gasteiger partial charge in [-0.3, -0.25) is 4.79 Å². The van der Waals surface area contributed by atoms with Crippen LogP contribution in [-0.2, 0) is 11.3 Å².